The Labute approximate surface area is 113 Å². The van der Waals surface area contributed by atoms with Crippen LogP contribution in [-0.4, -0.2) is 21.3 Å². The molecular weight excluding hydrogens is 299 g/mol. The summed E-state index contributed by atoms with van der Waals surface area (Å²) in [7, 11) is 1.85. The number of aromatic nitrogens is 3. The number of aryl methyl sites for hydroxylation is 1. The summed E-state index contributed by atoms with van der Waals surface area (Å²) in [5.74, 6) is 0.589. The number of nitrogens with one attached hydrogen (secondary N) is 1. The molecule has 1 N–H and O–H groups in total. The monoisotopic (exact) mass is 312 g/mol. The molecule has 0 amide bonds. The topological polar surface area (TPSA) is 42.7 Å². The third kappa shape index (κ3) is 3.61. The standard InChI is InChI=1S/C12H14BrFN4/c1-18-8-16-12(17-18)4-5-15-7-9-2-3-10(14)6-11(9)13/h2-3,6,8,15H,4-5,7H2,1H3. The van der Waals surface area contributed by atoms with Gasteiger partial charge in [0.05, 0.1) is 0 Å². The Kier molecular flexibility index (Phi) is 4.43. The van der Waals surface area contributed by atoms with E-state index in [0.29, 0.717) is 6.54 Å². The molecule has 2 rings (SSSR count). The smallest absolute Gasteiger partial charge is 0.151 e. The van der Waals surface area contributed by atoms with Crippen LogP contribution in [0.5, 0.6) is 0 Å². The van der Waals surface area contributed by atoms with Gasteiger partial charge in [-0.1, -0.05) is 22.0 Å². The van der Waals surface area contributed by atoms with Crippen LogP contribution in [0.1, 0.15) is 11.4 Å². The first-order valence-electron chi connectivity index (χ1n) is 5.64. The number of rotatable bonds is 5. The minimum absolute atomic E-state index is 0.233. The molecule has 2 aromatic rings. The van der Waals surface area contributed by atoms with Crippen LogP contribution < -0.4 is 5.32 Å². The number of hydrogen-bond acceptors (Lipinski definition) is 3. The van der Waals surface area contributed by atoms with Crippen molar-refractivity contribution in [2.45, 2.75) is 13.0 Å². The van der Waals surface area contributed by atoms with Gasteiger partial charge in [0.25, 0.3) is 0 Å². The molecule has 0 aliphatic heterocycles. The molecule has 0 saturated heterocycles. The predicted molar refractivity (Wildman–Crippen MR) is 70.5 cm³/mol. The highest BCUT2D eigenvalue weighted by Gasteiger charge is 2.02. The Morgan fingerprint density at radius 2 is 2.28 bits per heavy atom. The molecule has 0 bridgehead atoms. The first kappa shape index (κ1) is 13.2. The summed E-state index contributed by atoms with van der Waals surface area (Å²) >= 11 is 3.34. The third-order valence-electron chi connectivity index (χ3n) is 2.50. The fourth-order valence-corrected chi connectivity index (χ4v) is 2.08. The molecule has 4 nitrogen and oxygen atoms in total. The summed E-state index contributed by atoms with van der Waals surface area (Å²) in [4.78, 5) is 4.14. The van der Waals surface area contributed by atoms with Gasteiger partial charge in [0.1, 0.15) is 12.1 Å². The summed E-state index contributed by atoms with van der Waals surface area (Å²) in [6.07, 6.45) is 2.46. The zero-order valence-corrected chi connectivity index (χ0v) is 11.6. The first-order chi connectivity index (χ1) is 8.65. The highest BCUT2D eigenvalue weighted by atomic mass is 79.9. The second kappa shape index (κ2) is 6.06. The number of benzene rings is 1. The van der Waals surface area contributed by atoms with Crippen LogP contribution >= 0.6 is 15.9 Å². The molecule has 96 valence electrons. The van der Waals surface area contributed by atoms with Gasteiger partial charge in [0, 0.05) is 31.0 Å². The lowest BCUT2D eigenvalue weighted by Crippen LogP contribution is -2.17. The zero-order chi connectivity index (χ0) is 13.0. The van der Waals surface area contributed by atoms with Crippen LogP contribution in [-0.2, 0) is 20.0 Å². The summed E-state index contributed by atoms with van der Waals surface area (Å²) < 4.78 is 15.4. The van der Waals surface area contributed by atoms with Crippen LogP contribution in [0.2, 0.25) is 0 Å². The maximum atomic E-state index is 12.9. The lowest BCUT2D eigenvalue weighted by molar-refractivity contribution is 0.622. The lowest BCUT2D eigenvalue weighted by atomic mass is 10.2. The van der Waals surface area contributed by atoms with Gasteiger partial charge < -0.3 is 5.32 Å². The molecule has 1 aromatic heterocycles. The number of nitrogens with zero attached hydrogens (tertiary/aromatic N) is 3. The predicted octanol–water partition coefficient (Wildman–Crippen LogP) is 2.05. The molecule has 0 unspecified atom stereocenters. The van der Waals surface area contributed by atoms with Crippen LogP contribution in [0.25, 0.3) is 0 Å². The van der Waals surface area contributed by atoms with Crippen LogP contribution in [0.3, 0.4) is 0 Å². The molecule has 6 heteroatoms. The molecule has 1 heterocycles. The second-order valence-electron chi connectivity index (χ2n) is 4.00. The lowest BCUT2D eigenvalue weighted by Gasteiger charge is -2.06. The molecular formula is C12H14BrFN4. The van der Waals surface area contributed by atoms with Gasteiger partial charge in [-0.25, -0.2) is 9.37 Å². The SMILES string of the molecule is Cn1cnc(CCNCc2ccc(F)cc2Br)n1. The van der Waals surface area contributed by atoms with Crippen molar-refractivity contribution >= 4 is 15.9 Å². The minimum Gasteiger partial charge on any atom is -0.312 e. The van der Waals surface area contributed by atoms with Gasteiger partial charge in [-0.2, -0.15) is 5.10 Å². The molecule has 0 atom stereocenters. The maximum absolute atomic E-state index is 12.9. The van der Waals surface area contributed by atoms with Crippen LogP contribution in [0.15, 0.2) is 29.0 Å². The molecule has 0 aliphatic rings. The summed E-state index contributed by atoms with van der Waals surface area (Å²) in [6.45, 7) is 1.47. The third-order valence-corrected chi connectivity index (χ3v) is 3.24. The fraction of sp³-hybridized carbons (Fsp3) is 0.333. The Hall–Kier alpha value is -1.27. The average molecular weight is 313 g/mol. The van der Waals surface area contributed by atoms with Crippen molar-refractivity contribution in [3.8, 4) is 0 Å². The van der Waals surface area contributed by atoms with Crippen molar-refractivity contribution < 1.29 is 4.39 Å². The molecule has 18 heavy (non-hydrogen) atoms. The van der Waals surface area contributed by atoms with Crippen molar-refractivity contribution in [2.24, 2.45) is 7.05 Å². The molecule has 0 fully saturated rings. The highest BCUT2D eigenvalue weighted by molar-refractivity contribution is 9.10. The molecule has 0 aliphatic carbocycles. The largest absolute Gasteiger partial charge is 0.312 e. The van der Waals surface area contributed by atoms with E-state index >= 15 is 0 Å². The molecule has 1 aromatic carbocycles. The van der Waals surface area contributed by atoms with E-state index in [1.165, 1.54) is 12.1 Å². The highest BCUT2D eigenvalue weighted by Crippen LogP contribution is 2.17. The first-order valence-corrected chi connectivity index (χ1v) is 6.43. The minimum atomic E-state index is -0.233. The van der Waals surface area contributed by atoms with E-state index in [4.69, 9.17) is 0 Å². The van der Waals surface area contributed by atoms with Crippen molar-refractivity contribution in [1.82, 2.24) is 20.1 Å². The average Bonchev–Trinajstić information content (AvgIpc) is 2.73. The van der Waals surface area contributed by atoms with Gasteiger partial charge in [0.15, 0.2) is 5.82 Å². The van der Waals surface area contributed by atoms with Crippen LogP contribution in [0, 0.1) is 5.82 Å². The van der Waals surface area contributed by atoms with Crippen LogP contribution in [0.4, 0.5) is 4.39 Å². The summed E-state index contributed by atoms with van der Waals surface area (Å²) in [5, 5.41) is 7.47. The Morgan fingerprint density at radius 3 is 2.94 bits per heavy atom. The molecule has 0 spiro atoms. The van der Waals surface area contributed by atoms with E-state index in [0.717, 1.165) is 28.8 Å². The van der Waals surface area contributed by atoms with Crippen molar-refractivity contribution in [2.75, 3.05) is 6.54 Å². The van der Waals surface area contributed by atoms with Gasteiger partial charge in [-0.3, -0.25) is 4.68 Å². The maximum Gasteiger partial charge on any atom is 0.151 e. The Morgan fingerprint density at radius 1 is 1.44 bits per heavy atom. The van der Waals surface area contributed by atoms with E-state index in [2.05, 4.69) is 31.3 Å². The van der Waals surface area contributed by atoms with E-state index in [9.17, 15) is 4.39 Å². The van der Waals surface area contributed by atoms with E-state index in [-0.39, 0.29) is 5.82 Å². The van der Waals surface area contributed by atoms with Crippen molar-refractivity contribution in [3.63, 3.8) is 0 Å². The van der Waals surface area contributed by atoms with E-state index in [1.807, 2.05) is 7.05 Å². The quantitative estimate of drug-likeness (QED) is 0.859. The van der Waals surface area contributed by atoms with E-state index < -0.39 is 0 Å². The zero-order valence-electron chi connectivity index (χ0n) is 10.0. The number of hydrogen-bond donors (Lipinski definition) is 1. The van der Waals surface area contributed by atoms with Crippen molar-refractivity contribution in [3.05, 3.63) is 46.2 Å². The van der Waals surface area contributed by atoms with Gasteiger partial charge in [-0.15, -0.1) is 0 Å². The Bertz CT molecular complexity index is 527. The van der Waals surface area contributed by atoms with Gasteiger partial charge >= 0.3 is 0 Å². The molecule has 0 radical (unpaired) electrons. The molecule has 0 saturated carbocycles. The summed E-state index contributed by atoms with van der Waals surface area (Å²) in [5.41, 5.74) is 1.03. The number of halogens is 2. The Balaban J connectivity index is 1.78. The fourth-order valence-electron chi connectivity index (χ4n) is 1.59. The van der Waals surface area contributed by atoms with Crippen molar-refractivity contribution in [1.29, 1.82) is 0 Å². The second-order valence-corrected chi connectivity index (χ2v) is 4.85. The normalized spacial score (nSPS) is 10.8. The van der Waals surface area contributed by atoms with E-state index in [1.54, 1.807) is 17.1 Å². The van der Waals surface area contributed by atoms with Gasteiger partial charge in [0.2, 0.25) is 0 Å². The summed E-state index contributed by atoms with van der Waals surface area (Å²) in [6, 6.07) is 4.70. The van der Waals surface area contributed by atoms with Gasteiger partial charge in [-0.05, 0) is 17.7 Å².